The van der Waals surface area contributed by atoms with E-state index in [1.807, 2.05) is 25.1 Å². The maximum absolute atomic E-state index is 11.0. The van der Waals surface area contributed by atoms with Crippen molar-refractivity contribution < 1.29 is 14.7 Å². The van der Waals surface area contributed by atoms with Crippen molar-refractivity contribution in [3.8, 4) is 0 Å². The summed E-state index contributed by atoms with van der Waals surface area (Å²) < 4.78 is 0.899. The molecule has 1 atom stereocenters. The van der Waals surface area contributed by atoms with E-state index in [1.165, 1.54) is 6.92 Å². The summed E-state index contributed by atoms with van der Waals surface area (Å²) in [6.45, 7) is 3.32. The number of rotatable bonds is 4. The lowest BCUT2D eigenvalue weighted by molar-refractivity contribution is -0.137. The number of aryl methyl sites for hydroxylation is 1. The highest BCUT2D eigenvalue weighted by Gasteiger charge is 2.17. The van der Waals surface area contributed by atoms with Gasteiger partial charge in [0, 0.05) is 11.4 Å². The molecule has 0 saturated carbocycles. The Morgan fingerprint density at radius 3 is 2.59 bits per heavy atom. The van der Waals surface area contributed by atoms with Crippen molar-refractivity contribution in [3.05, 3.63) is 33.8 Å². The molecule has 0 aromatic heterocycles. The third-order valence-corrected chi connectivity index (χ3v) is 3.21. The zero-order valence-corrected chi connectivity index (χ0v) is 11.2. The summed E-state index contributed by atoms with van der Waals surface area (Å²) in [5, 5.41) is 11.5. The lowest BCUT2D eigenvalue weighted by atomic mass is 10.0. The molecule has 0 saturated heterocycles. The minimum atomic E-state index is -0.944. The second-order valence-corrected chi connectivity index (χ2v) is 4.71. The summed E-state index contributed by atoms with van der Waals surface area (Å²) in [5.41, 5.74) is 1.84. The summed E-state index contributed by atoms with van der Waals surface area (Å²) in [7, 11) is 0. The number of hydrogen-bond acceptors (Lipinski definition) is 2. The second kappa shape index (κ2) is 5.82. The molecule has 0 bridgehead atoms. The smallest absolute Gasteiger partial charge is 0.305 e. The van der Waals surface area contributed by atoms with Gasteiger partial charge in [-0.1, -0.05) is 28.1 Å². The number of carboxylic acids is 1. The highest BCUT2D eigenvalue weighted by molar-refractivity contribution is 9.10. The Bertz CT molecular complexity index is 429. The Balaban J connectivity index is 2.98. The summed E-state index contributed by atoms with van der Waals surface area (Å²) in [6.07, 6.45) is -0.130. The van der Waals surface area contributed by atoms with Gasteiger partial charge in [0.05, 0.1) is 12.5 Å². The number of nitrogens with one attached hydrogen (secondary N) is 1. The Kier molecular flexibility index (Phi) is 4.69. The van der Waals surface area contributed by atoms with E-state index in [0.29, 0.717) is 0 Å². The zero-order chi connectivity index (χ0) is 13.0. The standard InChI is InChI=1S/C12H14BrNO3/c1-7-3-4-9(5-10(7)13)11(6-12(16)17)14-8(2)15/h3-5,11H,6H2,1-2H3,(H,14,15)(H,16,17). The van der Waals surface area contributed by atoms with Crippen molar-refractivity contribution >= 4 is 27.8 Å². The van der Waals surface area contributed by atoms with E-state index in [0.717, 1.165) is 15.6 Å². The number of carbonyl (C=O) groups excluding carboxylic acids is 1. The van der Waals surface area contributed by atoms with Crippen LogP contribution in [0.3, 0.4) is 0 Å². The Hall–Kier alpha value is -1.36. The van der Waals surface area contributed by atoms with Crippen molar-refractivity contribution in [1.29, 1.82) is 0 Å². The molecular weight excluding hydrogens is 286 g/mol. The quantitative estimate of drug-likeness (QED) is 0.897. The van der Waals surface area contributed by atoms with E-state index >= 15 is 0 Å². The van der Waals surface area contributed by atoms with Crippen molar-refractivity contribution in [3.63, 3.8) is 0 Å². The fraction of sp³-hybridized carbons (Fsp3) is 0.333. The molecule has 1 aromatic rings. The van der Waals surface area contributed by atoms with Gasteiger partial charge in [-0.05, 0) is 24.1 Å². The number of aliphatic carboxylic acids is 1. The summed E-state index contributed by atoms with van der Waals surface area (Å²) in [6, 6.07) is 5.04. The normalized spacial score (nSPS) is 11.9. The van der Waals surface area contributed by atoms with E-state index in [2.05, 4.69) is 21.2 Å². The van der Waals surface area contributed by atoms with Gasteiger partial charge in [0.1, 0.15) is 0 Å². The molecule has 1 unspecified atom stereocenters. The summed E-state index contributed by atoms with van der Waals surface area (Å²) >= 11 is 3.39. The van der Waals surface area contributed by atoms with E-state index in [1.54, 1.807) is 0 Å². The third-order valence-electron chi connectivity index (χ3n) is 2.35. The van der Waals surface area contributed by atoms with E-state index in [4.69, 9.17) is 5.11 Å². The molecule has 1 aromatic carbocycles. The average molecular weight is 300 g/mol. The molecule has 17 heavy (non-hydrogen) atoms. The second-order valence-electron chi connectivity index (χ2n) is 3.86. The molecule has 1 amide bonds. The average Bonchev–Trinajstić information content (AvgIpc) is 2.19. The van der Waals surface area contributed by atoms with E-state index in [9.17, 15) is 9.59 Å². The number of amides is 1. The van der Waals surface area contributed by atoms with Crippen LogP contribution >= 0.6 is 15.9 Å². The Morgan fingerprint density at radius 1 is 1.47 bits per heavy atom. The van der Waals surface area contributed by atoms with Gasteiger partial charge in [-0.2, -0.15) is 0 Å². The van der Waals surface area contributed by atoms with Crippen LogP contribution in [0.4, 0.5) is 0 Å². The molecule has 4 nitrogen and oxygen atoms in total. The van der Waals surface area contributed by atoms with Gasteiger partial charge in [-0.15, -0.1) is 0 Å². The van der Waals surface area contributed by atoms with Gasteiger partial charge in [-0.25, -0.2) is 0 Å². The monoisotopic (exact) mass is 299 g/mol. The van der Waals surface area contributed by atoms with Crippen molar-refractivity contribution in [1.82, 2.24) is 5.32 Å². The van der Waals surface area contributed by atoms with Crippen LogP contribution in [-0.2, 0) is 9.59 Å². The molecule has 2 N–H and O–H groups in total. The van der Waals surface area contributed by atoms with Crippen LogP contribution < -0.4 is 5.32 Å². The minimum absolute atomic E-state index is 0.130. The van der Waals surface area contributed by atoms with Gasteiger partial charge in [0.15, 0.2) is 0 Å². The van der Waals surface area contributed by atoms with E-state index < -0.39 is 12.0 Å². The van der Waals surface area contributed by atoms with Gasteiger partial charge in [0.2, 0.25) is 5.91 Å². The van der Waals surface area contributed by atoms with Crippen LogP contribution in [-0.4, -0.2) is 17.0 Å². The Morgan fingerprint density at radius 2 is 2.12 bits per heavy atom. The highest BCUT2D eigenvalue weighted by atomic mass is 79.9. The number of carbonyl (C=O) groups is 2. The van der Waals surface area contributed by atoms with Crippen LogP contribution in [0.2, 0.25) is 0 Å². The zero-order valence-electron chi connectivity index (χ0n) is 9.66. The molecule has 5 heteroatoms. The molecule has 0 spiro atoms. The number of halogens is 1. The first-order valence-electron chi connectivity index (χ1n) is 5.15. The summed E-state index contributed by atoms with van der Waals surface area (Å²) in [4.78, 5) is 21.8. The third kappa shape index (κ3) is 4.19. The molecule has 0 aliphatic carbocycles. The predicted molar refractivity (Wildman–Crippen MR) is 67.7 cm³/mol. The lowest BCUT2D eigenvalue weighted by Gasteiger charge is -2.17. The van der Waals surface area contributed by atoms with Gasteiger partial charge in [0.25, 0.3) is 0 Å². The SMILES string of the molecule is CC(=O)NC(CC(=O)O)c1ccc(C)c(Br)c1. The van der Waals surface area contributed by atoms with Crippen molar-refractivity contribution in [2.45, 2.75) is 26.3 Å². The first-order chi connectivity index (χ1) is 7.90. The molecule has 0 radical (unpaired) electrons. The molecule has 0 aliphatic heterocycles. The largest absolute Gasteiger partial charge is 0.481 e. The molecule has 0 heterocycles. The summed E-state index contributed by atoms with van der Waals surface area (Å²) in [5.74, 6) is -1.19. The van der Waals surface area contributed by atoms with Crippen LogP contribution in [0.1, 0.15) is 30.5 Å². The maximum atomic E-state index is 11.0. The molecule has 92 valence electrons. The van der Waals surface area contributed by atoms with Crippen LogP contribution in [0.25, 0.3) is 0 Å². The fourth-order valence-corrected chi connectivity index (χ4v) is 1.89. The maximum Gasteiger partial charge on any atom is 0.305 e. The van der Waals surface area contributed by atoms with Crippen LogP contribution in [0.15, 0.2) is 22.7 Å². The lowest BCUT2D eigenvalue weighted by Crippen LogP contribution is -2.28. The van der Waals surface area contributed by atoms with Crippen molar-refractivity contribution in [2.75, 3.05) is 0 Å². The first kappa shape index (κ1) is 13.7. The fourth-order valence-electron chi connectivity index (χ4n) is 1.50. The highest BCUT2D eigenvalue weighted by Crippen LogP contribution is 2.23. The molecular formula is C12H14BrNO3. The topological polar surface area (TPSA) is 66.4 Å². The molecule has 1 rings (SSSR count). The van der Waals surface area contributed by atoms with E-state index in [-0.39, 0.29) is 12.3 Å². The minimum Gasteiger partial charge on any atom is -0.481 e. The number of carboxylic acid groups (broad SMARTS) is 1. The van der Waals surface area contributed by atoms with Gasteiger partial charge >= 0.3 is 5.97 Å². The molecule has 0 aliphatic rings. The molecule has 0 fully saturated rings. The van der Waals surface area contributed by atoms with Crippen LogP contribution in [0.5, 0.6) is 0 Å². The van der Waals surface area contributed by atoms with Gasteiger partial charge < -0.3 is 10.4 Å². The van der Waals surface area contributed by atoms with Crippen LogP contribution in [0, 0.1) is 6.92 Å². The van der Waals surface area contributed by atoms with Crippen molar-refractivity contribution in [2.24, 2.45) is 0 Å². The Labute approximate surface area is 108 Å². The van der Waals surface area contributed by atoms with Gasteiger partial charge in [-0.3, -0.25) is 9.59 Å². The first-order valence-corrected chi connectivity index (χ1v) is 5.94. The number of hydrogen-bond donors (Lipinski definition) is 2. The predicted octanol–water partition coefficient (Wildman–Crippen LogP) is 2.41. The number of benzene rings is 1.